The molecule has 1 saturated carbocycles. The van der Waals surface area contributed by atoms with Crippen LogP contribution in [-0.4, -0.2) is 23.8 Å². The zero-order valence-electron chi connectivity index (χ0n) is 14.1. The average Bonchev–Trinajstić information content (AvgIpc) is 3.12. The van der Waals surface area contributed by atoms with E-state index in [4.69, 9.17) is 0 Å². The van der Waals surface area contributed by atoms with E-state index in [9.17, 15) is 14.4 Å². The van der Waals surface area contributed by atoms with E-state index in [0.717, 1.165) is 25.7 Å². The Kier molecular flexibility index (Phi) is 6.78. The SMILES string of the molecule is CC(C)[C@@H](NC(=O)c1cccs1)C(=O)NNC(=O)C1CCCCC1. The van der Waals surface area contributed by atoms with Crippen molar-refractivity contribution in [1.82, 2.24) is 16.2 Å². The van der Waals surface area contributed by atoms with Gasteiger partial charge in [-0.05, 0) is 30.2 Å². The number of hydrogen-bond donors (Lipinski definition) is 3. The fourth-order valence-electron chi connectivity index (χ4n) is 2.82. The molecule has 1 aromatic heterocycles. The van der Waals surface area contributed by atoms with E-state index in [1.807, 2.05) is 19.2 Å². The molecule has 0 aliphatic heterocycles. The van der Waals surface area contributed by atoms with Crippen LogP contribution in [0.5, 0.6) is 0 Å². The first-order valence-corrected chi connectivity index (χ1v) is 9.31. The summed E-state index contributed by atoms with van der Waals surface area (Å²) in [5.74, 6) is -0.954. The van der Waals surface area contributed by atoms with Crippen molar-refractivity contribution in [2.45, 2.75) is 52.0 Å². The van der Waals surface area contributed by atoms with Gasteiger partial charge in [-0.15, -0.1) is 11.3 Å². The van der Waals surface area contributed by atoms with Crippen molar-refractivity contribution < 1.29 is 14.4 Å². The Morgan fingerprint density at radius 2 is 1.83 bits per heavy atom. The highest BCUT2D eigenvalue weighted by atomic mass is 32.1. The van der Waals surface area contributed by atoms with Crippen molar-refractivity contribution >= 4 is 29.1 Å². The molecule has 6 nitrogen and oxygen atoms in total. The van der Waals surface area contributed by atoms with E-state index >= 15 is 0 Å². The lowest BCUT2D eigenvalue weighted by atomic mass is 9.89. The van der Waals surface area contributed by atoms with Gasteiger partial charge >= 0.3 is 0 Å². The van der Waals surface area contributed by atoms with Gasteiger partial charge in [-0.25, -0.2) is 0 Å². The van der Waals surface area contributed by atoms with Gasteiger partial charge in [0.05, 0.1) is 4.88 Å². The van der Waals surface area contributed by atoms with Gasteiger partial charge in [-0.2, -0.15) is 0 Å². The summed E-state index contributed by atoms with van der Waals surface area (Å²) in [4.78, 5) is 37.1. The zero-order valence-corrected chi connectivity index (χ0v) is 14.9. The highest BCUT2D eigenvalue weighted by Crippen LogP contribution is 2.23. The van der Waals surface area contributed by atoms with Crippen LogP contribution in [0.1, 0.15) is 55.6 Å². The molecular weight excluding hydrogens is 326 g/mol. The number of hydrogen-bond acceptors (Lipinski definition) is 4. The Morgan fingerprint density at radius 1 is 1.12 bits per heavy atom. The van der Waals surface area contributed by atoms with Gasteiger partial charge in [0.25, 0.3) is 11.8 Å². The maximum atomic E-state index is 12.3. The topological polar surface area (TPSA) is 87.3 Å². The molecule has 132 valence electrons. The molecule has 0 unspecified atom stereocenters. The predicted molar refractivity (Wildman–Crippen MR) is 93.3 cm³/mol. The van der Waals surface area contributed by atoms with Gasteiger partial charge in [-0.3, -0.25) is 25.2 Å². The molecule has 0 bridgehead atoms. The van der Waals surface area contributed by atoms with Crippen molar-refractivity contribution in [2.24, 2.45) is 11.8 Å². The van der Waals surface area contributed by atoms with E-state index in [0.29, 0.717) is 4.88 Å². The largest absolute Gasteiger partial charge is 0.339 e. The van der Waals surface area contributed by atoms with Crippen molar-refractivity contribution in [3.8, 4) is 0 Å². The lowest BCUT2D eigenvalue weighted by Crippen LogP contribution is -2.55. The molecule has 2 rings (SSSR count). The molecule has 0 saturated heterocycles. The molecule has 0 spiro atoms. The van der Waals surface area contributed by atoms with Crippen molar-refractivity contribution in [3.63, 3.8) is 0 Å². The Labute approximate surface area is 146 Å². The third-order valence-corrected chi connectivity index (χ3v) is 5.13. The normalized spacial score (nSPS) is 16.5. The molecule has 1 fully saturated rings. The van der Waals surface area contributed by atoms with E-state index < -0.39 is 11.9 Å². The molecule has 0 aromatic carbocycles. The minimum absolute atomic E-state index is 0.0303. The monoisotopic (exact) mass is 351 g/mol. The summed E-state index contributed by atoms with van der Waals surface area (Å²) in [6.07, 6.45) is 5.00. The second-order valence-electron chi connectivity index (χ2n) is 6.49. The molecule has 1 aliphatic rings. The first-order chi connectivity index (χ1) is 11.5. The van der Waals surface area contributed by atoms with E-state index in [2.05, 4.69) is 16.2 Å². The molecule has 3 amide bonds. The lowest BCUT2D eigenvalue weighted by Gasteiger charge is -2.24. The molecule has 1 aliphatic carbocycles. The van der Waals surface area contributed by atoms with Crippen LogP contribution in [0.4, 0.5) is 0 Å². The maximum Gasteiger partial charge on any atom is 0.262 e. The molecule has 1 atom stereocenters. The standard InChI is InChI=1S/C17H25N3O3S/c1-11(2)14(18-16(22)13-9-6-10-24-13)17(23)20-19-15(21)12-7-4-3-5-8-12/h6,9-12,14H,3-5,7-8H2,1-2H3,(H,18,22)(H,19,21)(H,20,23)/t14-/m1/s1. The van der Waals surface area contributed by atoms with Gasteiger partial charge in [0.15, 0.2) is 0 Å². The number of carbonyl (C=O) groups is 3. The molecule has 1 heterocycles. The molecule has 7 heteroatoms. The summed E-state index contributed by atoms with van der Waals surface area (Å²) in [5.41, 5.74) is 4.97. The molecule has 3 N–H and O–H groups in total. The fourth-order valence-corrected chi connectivity index (χ4v) is 3.45. The number of hydrazine groups is 1. The summed E-state index contributed by atoms with van der Waals surface area (Å²) in [6.45, 7) is 3.70. The Balaban J connectivity index is 1.86. The van der Waals surface area contributed by atoms with Crippen LogP contribution in [0.3, 0.4) is 0 Å². The first kappa shape index (κ1) is 18.4. The third-order valence-electron chi connectivity index (χ3n) is 4.27. The Hall–Kier alpha value is -1.89. The minimum Gasteiger partial charge on any atom is -0.339 e. The number of amides is 3. The van der Waals surface area contributed by atoms with Gasteiger partial charge < -0.3 is 5.32 Å². The second kappa shape index (κ2) is 8.82. The Morgan fingerprint density at radius 3 is 2.42 bits per heavy atom. The lowest BCUT2D eigenvalue weighted by molar-refractivity contribution is -0.133. The zero-order chi connectivity index (χ0) is 17.5. The third kappa shape index (κ3) is 5.06. The maximum absolute atomic E-state index is 12.3. The first-order valence-electron chi connectivity index (χ1n) is 8.43. The van der Waals surface area contributed by atoms with Crippen LogP contribution in [0.15, 0.2) is 17.5 Å². The number of nitrogens with one attached hydrogen (secondary N) is 3. The smallest absolute Gasteiger partial charge is 0.262 e. The highest BCUT2D eigenvalue weighted by Gasteiger charge is 2.27. The molecule has 0 radical (unpaired) electrons. The Bertz CT molecular complexity index is 566. The summed E-state index contributed by atoms with van der Waals surface area (Å²) >= 11 is 1.32. The fraction of sp³-hybridized carbons (Fsp3) is 0.588. The molecule has 24 heavy (non-hydrogen) atoms. The number of rotatable bonds is 5. The quantitative estimate of drug-likeness (QED) is 0.711. The summed E-state index contributed by atoms with van der Waals surface area (Å²) in [6, 6.07) is 2.79. The second-order valence-corrected chi connectivity index (χ2v) is 7.43. The number of carbonyl (C=O) groups excluding carboxylic acids is 3. The van der Waals surface area contributed by atoms with Gasteiger partial charge in [-0.1, -0.05) is 39.2 Å². The molecular formula is C17H25N3O3S. The summed E-state index contributed by atoms with van der Waals surface area (Å²) in [5, 5.41) is 4.54. The minimum atomic E-state index is -0.703. The van der Waals surface area contributed by atoms with Gasteiger partial charge in [0, 0.05) is 5.92 Å². The summed E-state index contributed by atoms with van der Waals surface area (Å²) < 4.78 is 0. The van der Waals surface area contributed by atoms with Gasteiger partial charge in [0.1, 0.15) is 6.04 Å². The van der Waals surface area contributed by atoms with E-state index in [1.165, 1.54) is 17.8 Å². The summed E-state index contributed by atoms with van der Waals surface area (Å²) in [7, 11) is 0. The van der Waals surface area contributed by atoms with Crippen molar-refractivity contribution in [3.05, 3.63) is 22.4 Å². The van der Waals surface area contributed by atoms with Crippen molar-refractivity contribution in [1.29, 1.82) is 0 Å². The predicted octanol–water partition coefficient (Wildman–Crippen LogP) is 2.23. The van der Waals surface area contributed by atoms with Crippen molar-refractivity contribution in [2.75, 3.05) is 0 Å². The number of thiophene rings is 1. The molecule has 1 aromatic rings. The average molecular weight is 351 g/mol. The van der Waals surface area contributed by atoms with Crippen LogP contribution >= 0.6 is 11.3 Å². The van der Waals surface area contributed by atoms with Crippen LogP contribution in [0, 0.1) is 11.8 Å². The van der Waals surface area contributed by atoms with Crippen LogP contribution < -0.4 is 16.2 Å². The highest BCUT2D eigenvalue weighted by molar-refractivity contribution is 7.12. The van der Waals surface area contributed by atoms with Gasteiger partial charge in [0.2, 0.25) is 5.91 Å². The van der Waals surface area contributed by atoms with Crippen LogP contribution in [0.2, 0.25) is 0 Å². The van der Waals surface area contributed by atoms with E-state index in [1.54, 1.807) is 12.1 Å². The van der Waals surface area contributed by atoms with E-state index in [-0.39, 0.29) is 23.7 Å². The van der Waals surface area contributed by atoms with Crippen LogP contribution in [0.25, 0.3) is 0 Å². The van der Waals surface area contributed by atoms with Crippen LogP contribution in [-0.2, 0) is 9.59 Å².